The van der Waals surface area contributed by atoms with Gasteiger partial charge in [0.25, 0.3) is 11.5 Å². The minimum Gasteiger partial charge on any atom is -0.419 e. The fourth-order valence-electron chi connectivity index (χ4n) is 2.65. The SMILES string of the molecule is CC1(C)OC(=O)C(=CN[C@H](CCCN=C(N)N)C(=O)Nc2ccc([N+](=O)[O-])cc2)C(=O)O1. The summed E-state index contributed by atoms with van der Waals surface area (Å²) in [6.07, 6.45) is 1.68. The van der Waals surface area contributed by atoms with E-state index in [9.17, 15) is 24.5 Å². The Morgan fingerprint density at radius 2 is 1.81 bits per heavy atom. The lowest BCUT2D eigenvalue weighted by atomic mass is 10.1. The minimum absolute atomic E-state index is 0.0951. The maximum Gasteiger partial charge on any atom is 0.350 e. The van der Waals surface area contributed by atoms with Crippen LogP contribution in [0.25, 0.3) is 0 Å². The highest BCUT2D eigenvalue weighted by Gasteiger charge is 2.39. The lowest BCUT2D eigenvalue weighted by molar-refractivity contribution is -0.384. The molecule has 1 aliphatic rings. The largest absolute Gasteiger partial charge is 0.419 e. The number of rotatable bonds is 9. The van der Waals surface area contributed by atoms with Crippen LogP contribution in [0.15, 0.2) is 41.0 Å². The Morgan fingerprint density at radius 1 is 1.22 bits per heavy atom. The van der Waals surface area contributed by atoms with Gasteiger partial charge >= 0.3 is 11.9 Å². The van der Waals surface area contributed by atoms with Gasteiger partial charge in [0.05, 0.1) is 4.92 Å². The maximum atomic E-state index is 12.7. The van der Waals surface area contributed by atoms with Gasteiger partial charge in [-0.15, -0.1) is 0 Å². The molecule has 0 bridgehead atoms. The van der Waals surface area contributed by atoms with Crippen LogP contribution in [0.1, 0.15) is 26.7 Å². The van der Waals surface area contributed by atoms with Crippen molar-refractivity contribution >= 4 is 35.2 Å². The first kappa shape index (κ1) is 24.1. The number of anilines is 1. The number of non-ortho nitro benzene ring substituents is 1. The van der Waals surface area contributed by atoms with E-state index in [0.29, 0.717) is 12.1 Å². The summed E-state index contributed by atoms with van der Waals surface area (Å²) < 4.78 is 10.0. The molecule has 2 rings (SSSR count). The third kappa shape index (κ3) is 6.97. The number of nitro benzene ring substituents is 1. The second kappa shape index (κ2) is 10.2. The molecule has 0 aliphatic carbocycles. The van der Waals surface area contributed by atoms with Crippen LogP contribution in [0.5, 0.6) is 0 Å². The molecule has 172 valence electrons. The number of nitrogens with one attached hydrogen (secondary N) is 2. The zero-order chi connectivity index (χ0) is 23.9. The third-order valence-corrected chi connectivity index (χ3v) is 4.15. The van der Waals surface area contributed by atoms with Gasteiger partial charge in [-0.2, -0.15) is 0 Å². The molecule has 0 unspecified atom stereocenters. The van der Waals surface area contributed by atoms with Crippen molar-refractivity contribution < 1.29 is 28.8 Å². The van der Waals surface area contributed by atoms with Crippen LogP contribution in [0, 0.1) is 10.1 Å². The third-order valence-electron chi connectivity index (χ3n) is 4.15. The summed E-state index contributed by atoms with van der Waals surface area (Å²) in [5, 5.41) is 16.1. The molecule has 0 aromatic heterocycles. The van der Waals surface area contributed by atoms with Gasteiger partial charge in [0.15, 0.2) is 11.5 Å². The number of cyclic esters (lactones) is 2. The van der Waals surface area contributed by atoms with Crippen molar-refractivity contribution in [3.05, 3.63) is 46.2 Å². The smallest absolute Gasteiger partial charge is 0.350 e. The molecule has 32 heavy (non-hydrogen) atoms. The van der Waals surface area contributed by atoms with Crippen molar-refractivity contribution in [2.24, 2.45) is 16.5 Å². The number of nitro groups is 1. The number of amides is 1. The molecule has 0 saturated carbocycles. The van der Waals surface area contributed by atoms with E-state index in [1.807, 2.05) is 0 Å². The predicted octanol–water partition coefficient (Wildman–Crippen LogP) is 0.265. The van der Waals surface area contributed by atoms with Crippen molar-refractivity contribution in [3.63, 3.8) is 0 Å². The molecule has 1 fully saturated rings. The Morgan fingerprint density at radius 3 is 2.34 bits per heavy atom. The molecule has 0 spiro atoms. The molecule has 1 aliphatic heterocycles. The van der Waals surface area contributed by atoms with E-state index in [-0.39, 0.29) is 24.6 Å². The van der Waals surface area contributed by atoms with Gasteiger partial charge in [-0.25, -0.2) is 9.59 Å². The van der Waals surface area contributed by atoms with Crippen molar-refractivity contribution in [2.45, 2.75) is 38.5 Å². The molecule has 1 heterocycles. The van der Waals surface area contributed by atoms with E-state index >= 15 is 0 Å². The molecule has 0 radical (unpaired) electrons. The summed E-state index contributed by atoms with van der Waals surface area (Å²) in [7, 11) is 0. The number of nitrogens with two attached hydrogens (primary N) is 2. The Balaban J connectivity index is 2.13. The fraction of sp³-hybridized carbons (Fsp3) is 0.368. The number of hydrogen-bond donors (Lipinski definition) is 4. The monoisotopic (exact) mass is 448 g/mol. The van der Waals surface area contributed by atoms with E-state index in [4.69, 9.17) is 20.9 Å². The van der Waals surface area contributed by atoms with Gasteiger partial charge in [-0.1, -0.05) is 0 Å². The van der Waals surface area contributed by atoms with Gasteiger partial charge in [0.1, 0.15) is 6.04 Å². The van der Waals surface area contributed by atoms with Gasteiger partial charge in [-0.3, -0.25) is 19.9 Å². The van der Waals surface area contributed by atoms with Crippen LogP contribution in [0.2, 0.25) is 0 Å². The average molecular weight is 448 g/mol. The number of nitrogens with zero attached hydrogens (tertiary/aromatic N) is 2. The molecule has 13 heteroatoms. The van der Waals surface area contributed by atoms with E-state index in [1.54, 1.807) is 0 Å². The molecule has 1 aromatic rings. The van der Waals surface area contributed by atoms with Crippen LogP contribution in [0.3, 0.4) is 0 Å². The Hall–Kier alpha value is -4.16. The van der Waals surface area contributed by atoms with Gasteiger partial charge < -0.3 is 31.6 Å². The molecule has 6 N–H and O–H groups in total. The fourth-order valence-corrected chi connectivity index (χ4v) is 2.65. The highest BCUT2D eigenvalue weighted by Crippen LogP contribution is 2.22. The van der Waals surface area contributed by atoms with Crippen molar-refractivity contribution in [2.75, 3.05) is 11.9 Å². The topological polar surface area (TPSA) is 201 Å². The summed E-state index contributed by atoms with van der Waals surface area (Å²) in [4.78, 5) is 51.0. The standard InChI is InChI=1S/C19H24N6O7/c1-19(2)31-16(27)13(17(28)32-19)10-23-14(4-3-9-22-18(20)21)15(26)24-11-5-7-12(8-6-11)25(29)30/h5-8,10,14,23H,3-4,9H2,1-2H3,(H,24,26)(H4,20,21,22)/t14-/m1/s1. The molecule has 1 aromatic carbocycles. The van der Waals surface area contributed by atoms with Crippen LogP contribution in [-0.4, -0.2) is 47.1 Å². The van der Waals surface area contributed by atoms with E-state index < -0.39 is 40.2 Å². The molecule has 13 nitrogen and oxygen atoms in total. The summed E-state index contributed by atoms with van der Waals surface area (Å²) in [6, 6.07) is 4.34. The number of esters is 2. The zero-order valence-corrected chi connectivity index (χ0v) is 17.5. The highest BCUT2D eigenvalue weighted by atomic mass is 16.7. The predicted molar refractivity (Wildman–Crippen MR) is 113 cm³/mol. The quantitative estimate of drug-likeness (QED) is 0.0593. The number of carbonyl (C=O) groups excluding carboxylic acids is 3. The zero-order valence-electron chi connectivity index (χ0n) is 17.5. The van der Waals surface area contributed by atoms with E-state index in [2.05, 4.69) is 15.6 Å². The molecule has 1 amide bonds. The minimum atomic E-state index is -1.39. The Bertz CT molecular complexity index is 929. The second-order valence-corrected chi connectivity index (χ2v) is 7.20. The normalized spacial score (nSPS) is 15.6. The van der Waals surface area contributed by atoms with Gasteiger partial charge in [0, 0.05) is 44.4 Å². The lowest BCUT2D eigenvalue weighted by Gasteiger charge is -2.30. The van der Waals surface area contributed by atoms with Crippen molar-refractivity contribution in [3.8, 4) is 0 Å². The summed E-state index contributed by atoms with van der Waals surface area (Å²) in [5.41, 5.74) is 10.4. The number of ether oxygens (including phenoxy) is 2. The molecular weight excluding hydrogens is 424 g/mol. The second-order valence-electron chi connectivity index (χ2n) is 7.20. The number of guanidine groups is 1. The van der Waals surface area contributed by atoms with Gasteiger partial charge in [-0.05, 0) is 25.0 Å². The lowest BCUT2D eigenvalue weighted by Crippen LogP contribution is -2.43. The molecular formula is C19H24N6O7. The van der Waals surface area contributed by atoms with Crippen LogP contribution in [0.4, 0.5) is 11.4 Å². The summed E-state index contributed by atoms with van der Waals surface area (Å²) in [6.45, 7) is 3.08. The number of benzene rings is 1. The van der Waals surface area contributed by atoms with Gasteiger partial charge in [0.2, 0.25) is 5.91 Å². The van der Waals surface area contributed by atoms with Crippen molar-refractivity contribution in [1.29, 1.82) is 0 Å². The first-order valence-electron chi connectivity index (χ1n) is 9.52. The number of hydrogen-bond acceptors (Lipinski definition) is 9. The Kier molecular flexibility index (Phi) is 7.71. The van der Waals surface area contributed by atoms with Crippen molar-refractivity contribution in [1.82, 2.24) is 5.32 Å². The highest BCUT2D eigenvalue weighted by molar-refractivity contribution is 6.15. The Labute approximate surface area is 183 Å². The maximum absolute atomic E-state index is 12.7. The first-order valence-corrected chi connectivity index (χ1v) is 9.52. The van der Waals surface area contributed by atoms with E-state index in [1.165, 1.54) is 38.1 Å². The van der Waals surface area contributed by atoms with Crippen LogP contribution < -0.4 is 22.1 Å². The first-order chi connectivity index (χ1) is 15.0. The average Bonchev–Trinajstić information content (AvgIpc) is 2.68. The van der Waals surface area contributed by atoms with Crippen LogP contribution >= 0.6 is 0 Å². The number of carbonyl (C=O) groups is 3. The molecule has 1 saturated heterocycles. The number of aliphatic imine (C=N–C) groups is 1. The van der Waals surface area contributed by atoms with E-state index in [0.717, 1.165) is 6.20 Å². The summed E-state index contributed by atoms with van der Waals surface area (Å²) in [5.74, 6) is -3.79. The molecule has 1 atom stereocenters. The summed E-state index contributed by atoms with van der Waals surface area (Å²) >= 11 is 0. The van der Waals surface area contributed by atoms with Crippen LogP contribution in [-0.2, 0) is 23.9 Å².